The number of hydrogen-bond donors (Lipinski definition) is 3. The fourth-order valence-corrected chi connectivity index (χ4v) is 2.08. The van der Waals surface area contributed by atoms with Crippen molar-refractivity contribution < 1.29 is 8.42 Å². The van der Waals surface area contributed by atoms with Crippen LogP contribution in [0.1, 0.15) is 12.5 Å². The van der Waals surface area contributed by atoms with Crippen molar-refractivity contribution in [3.05, 3.63) is 23.8 Å². The van der Waals surface area contributed by atoms with Crippen LogP contribution in [0.25, 0.3) is 0 Å². The molecule has 0 aliphatic rings. The Balaban J connectivity index is 2.46. The number of anilines is 2. The van der Waals surface area contributed by atoms with Gasteiger partial charge in [0.15, 0.2) is 0 Å². The molecule has 0 unspecified atom stereocenters. The van der Waals surface area contributed by atoms with E-state index in [4.69, 9.17) is 0 Å². The van der Waals surface area contributed by atoms with Crippen molar-refractivity contribution in [2.45, 2.75) is 13.8 Å². The van der Waals surface area contributed by atoms with Crippen molar-refractivity contribution in [3.63, 3.8) is 0 Å². The maximum atomic E-state index is 10.9. The highest BCUT2D eigenvalue weighted by atomic mass is 32.2. The van der Waals surface area contributed by atoms with Gasteiger partial charge in [-0.25, -0.2) is 13.1 Å². The lowest BCUT2D eigenvalue weighted by molar-refractivity contribution is 0.589. The van der Waals surface area contributed by atoms with Crippen LogP contribution in [0.15, 0.2) is 18.2 Å². The minimum atomic E-state index is -3.10. The predicted octanol–water partition coefficient (Wildman–Crippen LogP) is 1.39. The van der Waals surface area contributed by atoms with Crippen molar-refractivity contribution in [3.8, 4) is 0 Å². The van der Waals surface area contributed by atoms with Crippen molar-refractivity contribution >= 4 is 21.4 Å². The molecule has 1 rings (SSSR count). The number of nitrogens with one attached hydrogen (secondary N) is 3. The number of hydrogen-bond acceptors (Lipinski definition) is 4. The molecule has 0 saturated heterocycles. The molecule has 0 bridgehead atoms. The molecule has 0 spiro atoms. The first-order valence-corrected chi connectivity index (χ1v) is 7.84. The zero-order valence-electron chi connectivity index (χ0n) is 11.1. The molecular weight excluding hydrogens is 250 g/mol. The van der Waals surface area contributed by atoms with E-state index in [0.717, 1.165) is 29.7 Å². The molecule has 0 heterocycles. The van der Waals surface area contributed by atoms with E-state index in [0.29, 0.717) is 13.1 Å². The highest BCUT2D eigenvalue weighted by molar-refractivity contribution is 7.88. The van der Waals surface area contributed by atoms with Crippen LogP contribution < -0.4 is 15.4 Å². The van der Waals surface area contributed by atoms with Crippen LogP contribution in [-0.2, 0) is 10.0 Å². The minimum Gasteiger partial charge on any atom is -0.385 e. The third-order valence-electron chi connectivity index (χ3n) is 2.41. The summed E-state index contributed by atoms with van der Waals surface area (Å²) in [5.74, 6) is 0. The summed E-state index contributed by atoms with van der Waals surface area (Å²) in [4.78, 5) is 0. The second-order valence-corrected chi connectivity index (χ2v) is 5.99. The van der Waals surface area contributed by atoms with E-state index in [1.165, 1.54) is 0 Å². The fourth-order valence-electron chi connectivity index (χ4n) is 1.61. The van der Waals surface area contributed by atoms with Crippen LogP contribution in [0.4, 0.5) is 11.4 Å². The topological polar surface area (TPSA) is 70.2 Å². The van der Waals surface area contributed by atoms with E-state index < -0.39 is 10.0 Å². The maximum absolute atomic E-state index is 10.9. The van der Waals surface area contributed by atoms with E-state index in [9.17, 15) is 8.42 Å². The van der Waals surface area contributed by atoms with Gasteiger partial charge in [-0.05, 0) is 37.6 Å². The highest BCUT2D eigenvalue weighted by Gasteiger charge is 2.00. The molecule has 5 nitrogen and oxygen atoms in total. The van der Waals surface area contributed by atoms with Crippen molar-refractivity contribution in [2.75, 3.05) is 36.5 Å². The van der Waals surface area contributed by atoms with Gasteiger partial charge < -0.3 is 10.6 Å². The first kappa shape index (κ1) is 14.8. The standard InChI is InChI=1S/C12H21N3O2S/c1-4-13-12-6-5-11(9-10(12)2)14-7-8-15-18(3,16)17/h5-6,9,13-15H,4,7-8H2,1-3H3. The van der Waals surface area contributed by atoms with E-state index in [1.807, 2.05) is 25.1 Å². The molecular formula is C12H21N3O2S. The van der Waals surface area contributed by atoms with Crippen LogP contribution in [0.5, 0.6) is 0 Å². The lowest BCUT2D eigenvalue weighted by Gasteiger charge is -2.11. The molecule has 0 aliphatic carbocycles. The second-order valence-electron chi connectivity index (χ2n) is 4.15. The molecule has 0 aromatic heterocycles. The summed E-state index contributed by atoms with van der Waals surface area (Å²) >= 11 is 0. The van der Waals surface area contributed by atoms with Crippen molar-refractivity contribution in [2.24, 2.45) is 0 Å². The molecule has 1 aromatic rings. The molecule has 0 fully saturated rings. The Morgan fingerprint density at radius 3 is 2.44 bits per heavy atom. The van der Waals surface area contributed by atoms with Crippen LogP contribution in [0, 0.1) is 6.92 Å². The molecule has 0 atom stereocenters. The molecule has 0 saturated carbocycles. The van der Waals surface area contributed by atoms with Crippen LogP contribution in [0.3, 0.4) is 0 Å². The normalized spacial score (nSPS) is 11.3. The van der Waals surface area contributed by atoms with Gasteiger partial charge in [0.1, 0.15) is 0 Å². The Morgan fingerprint density at radius 1 is 1.17 bits per heavy atom. The summed E-state index contributed by atoms with van der Waals surface area (Å²) in [7, 11) is -3.10. The first-order valence-electron chi connectivity index (χ1n) is 5.95. The van der Waals surface area contributed by atoms with Gasteiger partial charge in [0.25, 0.3) is 0 Å². The average Bonchev–Trinajstić information content (AvgIpc) is 2.27. The molecule has 102 valence electrons. The average molecular weight is 271 g/mol. The zero-order chi connectivity index (χ0) is 13.6. The Labute approximate surface area is 109 Å². The van der Waals surface area contributed by atoms with E-state index in [1.54, 1.807) is 0 Å². The van der Waals surface area contributed by atoms with E-state index in [2.05, 4.69) is 22.3 Å². The molecule has 0 amide bonds. The van der Waals surface area contributed by atoms with Gasteiger partial charge in [-0.1, -0.05) is 0 Å². The Hall–Kier alpha value is -1.27. The number of rotatable bonds is 7. The van der Waals surface area contributed by atoms with Crippen molar-refractivity contribution in [1.29, 1.82) is 0 Å². The minimum absolute atomic E-state index is 0.382. The van der Waals surface area contributed by atoms with Gasteiger partial charge >= 0.3 is 0 Å². The number of benzene rings is 1. The third-order valence-corrected chi connectivity index (χ3v) is 3.14. The first-order chi connectivity index (χ1) is 8.42. The molecule has 18 heavy (non-hydrogen) atoms. The van der Waals surface area contributed by atoms with Gasteiger partial charge in [0.2, 0.25) is 10.0 Å². The van der Waals surface area contributed by atoms with Gasteiger partial charge in [-0.3, -0.25) is 0 Å². The summed E-state index contributed by atoms with van der Waals surface area (Å²) in [5.41, 5.74) is 3.28. The monoisotopic (exact) mass is 271 g/mol. The van der Waals surface area contributed by atoms with E-state index >= 15 is 0 Å². The number of aryl methyl sites for hydroxylation is 1. The SMILES string of the molecule is CCNc1ccc(NCCNS(C)(=O)=O)cc1C. The molecule has 6 heteroatoms. The van der Waals surface area contributed by atoms with Crippen molar-refractivity contribution in [1.82, 2.24) is 4.72 Å². The Morgan fingerprint density at radius 2 is 1.89 bits per heavy atom. The Bertz CT molecular complexity index is 486. The quantitative estimate of drug-likeness (QED) is 0.655. The van der Waals surface area contributed by atoms with E-state index in [-0.39, 0.29) is 0 Å². The Kier molecular flexibility index (Phi) is 5.43. The lowest BCUT2D eigenvalue weighted by atomic mass is 10.1. The molecule has 1 aromatic carbocycles. The summed E-state index contributed by atoms with van der Waals surface area (Å²) in [6, 6.07) is 6.04. The van der Waals surface area contributed by atoms with Crippen LogP contribution >= 0.6 is 0 Å². The van der Waals surface area contributed by atoms with Gasteiger partial charge in [0.05, 0.1) is 6.26 Å². The zero-order valence-corrected chi connectivity index (χ0v) is 11.9. The summed E-state index contributed by atoms with van der Waals surface area (Å²) in [6.07, 6.45) is 1.16. The van der Waals surface area contributed by atoms with Crippen LogP contribution in [-0.4, -0.2) is 34.3 Å². The second kappa shape index (κ2) is 6.61. The smallest absolute Gasteiger partial charge is 0.208 e. The fraction of sp³-hybridized carbons (Fsp3) is 0.500. The summed E-state index contributed by atoms with van der Waals surface area (Å²) in [6.45, 7) is 5.94. The largest absolute Gasteiger partial charge is 0.385 e. The molecule has 0 aliphatic heterocycles. The summed E-state index contributed by atoms with van der Waals surface area (Å²) in [5, 5.41) is 6.44. The van der Waals surface area contributed by atoms with Crippen LogP contribution in [0.2, 0.25) is 0 Å². The predicted molar refractivity (Wildman–Crippen MR) is 76.7 cm³/mol. The maximum Gasteiger partial charge on any atom is 0.208 e. The number of sulfonamides is 1. The summed E-state index contributed by atoms with van der Waals surface area (Å²) < 4.78 is 24.2. The highest BCUT2D eigenvalue weighted by Crippen LogP contribution is 2.19. The third kappa shape index (κ3) is 5.37. The van der Waals surface area contributed by atoms with Gasteiger partial charge in [-0.2, -0.15) is 0 Å². The molecule has 3 N–H and O–H groups in total. The lowest BCUT2D eigenvalue weighted by Crippen LogP contribution is -2.27. The van der Waals surface area contributed by atoms with Gasteiger partial charge in [-0.15, -0.1) is 0 Å². The van der Waals surface area contributed by atoms with Gasteiger partial charge in [0, 0.05) is 31.0 Å². The molecule has 0 radical (unpaired) electrons.